The zero-order chi connectivity index (χ0) is 20.6. The molecule has 3 N–H and O–H groups in total. The number of hydrogen-bond acceptors (Lipinski definition) is 5. The van der Waals surface area contributed by atoms with Crippen LogP contribution in [0.4, 0.5) is 16.4 Å². The van der Waals surface area contributed by atoms with Crippen molar-refractivity contribution in [2.24, 2.45) is 5.92 Å². The molecule has 2 aromatic rings. The number of urea groups is 1. The first-order valence-electron chi connectivity index (χ1n) is 9.98. The molecule has 1 aromatic heterocycles. The van der Waals surface area contributed by atoms with E-state index in [-0.39, 0.29) is 17.9 Å². The lowest BCUT2D eigenvalue weighted by atomic mass is 10.0. The molecule has 154 valence electrons. The summed E-state index contributed by atoms with van der Waals surface area (Å²) < 4.78 is 0. The predicted octanol–water partition coefficient (Wildman–Crippen LogP) is 2.41. The number of nitrogens with zero attached hydrogens (tertiary/aromatic N) is 3. The Hall–Kier alpha value is -3.16. The topological polar surface area (TPSA) is 99.2 Å². The van der Waals surface area contributed by atoms with Crippen LogP contribution in [0.5, 0.6) is 0 Å². The Morgan fingerprint density at radius 1 is 1.10 bits per heavy atom. The van der Waals surface area contributed by atoms with Crippen molar-refractivity contribution in [3.63, 3.8) is 0 Å². The fourth-order valence-corrected chi connectivity index (χ4v) is 3.39. The molecule has 2 unspecified atom stereocenters. The van der Waals surface area contributed by atoms with Crippen LogP contribution in [0.15, 0.2) is 48.8 Å². The van der Waals surface area contributed by atoms with Gasteiger partial charge < -0.3 is 20.9 Å². The number of carbonyl (C=O) groups is 2. The largest absolute Gasteiger partial charge is 0.350 e. The molecule has 1 aliphatic rings. The monoisotopic (exact) mass is 396 g/mol. The summed E-state index contributed by atoms with van der Waals surface area (Å²) in [7, 11) is 0. The van der Waals surface area contributed by atoms with Crippen LogP contribution in [0.25, 0.3) is 0 Å². The molecule has 8 heteroatoms. The highest BCUT2D eigenvalue weighted by molar-refractivity contribution is 5.93. The van der Waals surface area contributed by atoms with Crippen LogP contribution in [0.1, 0.15) is 26.7 Å². The lowest BCUT2D eigenvalue weighted by molar-refractivity contribution is -0.124. The number of para-hydroxylation sites is 1. The molecule has 0 aliphatic carbocycles. The normalized spacial score (nSPS) is 17.5. The first-order chi connectivity index (χ1) is 14.0. The summed E-state index contributed by atoms with van der Waals surface area (Å²) in [5, 5.41) is 8.65. The molecular weight excluding hydrogens is 368 g/mol. The van der Waals surface area contributed by atoms with E-state index < -0.39 is 12.1 Å². The second kappa shape index (κ2) is 9.86. The van der Waals surface area contributed by atoms with Crippen LogP contribution >= 0.6 is 0 Å². The van der Waals surface area contributed by atoms with E-state index in [1.807, 2.05) is 32.0 Å². The first kappa shape index (κ1) is 20.6. The lowest BCUT2D eigenvalue weighted by Gasteiger charge is -2.34. The second-order valence-corrected chi connectivity index (χ2v) is 7.53. The lowest BCUT2D eigenvalue weighted by Crippen LogP contribution is -2.56. The summed E-state index contributed by atoms with van der Waals surface area (Å²) in [4.78, 5) is 35.9. The maximum absolute atomic E-state index is 12.9. The van der Waals surface area contributed by atoms with Crippen LogP contribution in [-0.2, 0) is 4.79 Å². The van der Waals surface area contributed by atoms with E-state index in [4.69, 9.17) is 0 Å². The average Bonchev–Trinajstić information content (AvgIpc) is 2.73. The number of hydrogen-bond donors (Lipinski definition) is 3. The molecule has 0 bridgehead atoms. The van der Waals surface area contributed by atoms with Crippen LogP contribution in [0.2, 0.25) is 0 Å². The van der Waals surface area contributed by atoms with E-state index in [1.165, 1.54) is 0 Å². The molecule has 8 nitrogen and oxygen atoms in total. The summed E-state index contributed by atoms with van der Waals surface area (Å²) in [6.07, 6.45) is 5.26. The van der Waals surface area contributed by atoms with E-state index in [2.05, 4.69) is 30.8 Å². The summed E-state index contributed by atoms with van der Waals surface area (Å²) in [6, 6.07) is 9.91. The van der Waals surface area contributed by atoms with Gasteiger partial charge in [-0.3, -0.25) is 4.79 Å². The number of aromatic nitrogens is 2. The van der Waals surface area contributed by atoms with Gasteiger partial charge in [-0.2, -0.15) is 0 Å². The zero-order valence-electron chi connectivity index (χ0n) is 16.8. The van der Waals surface area contributed by atoms with E-state index in [0.29, 0.717) is 18.2 Å². The molecule has 1 saturated heterocycles. The number of amides is 3. The Balaban J connectivity index is 1.57. The van der Waals surface area contributed by atoms with E-state index in [9.17, 15) is 9.59 Å². The number of rotatable bonds is 6. The minimum atomic E-state index is -0.623. The van der Waals surface area contributed by atoms with Crippen LogP contribution < -0.4 is 20.9 Å². The van der Waals surface area contributed by atoms with E-state index >= 15 is 0 Å². The van der Waals surface area contributed by atoms with Gasteiger partial charge in [0.15, 0.2) is 0 Å². The molecule has 0 saturated carbocycles. The fourth-order valence-electron chi connectivity index (χ4n) is 3.39. The molecule has 0 spiro atoms. The predicted molar refractivity (Wildman–Crippen MR) is 113 cm³/mol. The Morgan fingerprint density at radius 2 is 1.83 bits per heavy atom. The van der Waals surface area contributed by atoms with Gasteiger partial charge in [-0.1, -0.05) is 32.0 Å². The van der Waals surface area contributed by atoms with Crippen molar-refractivity contribution in [3.05, 3.63) is 48.8 Å². The maximum atomic E-state index is 12.9. The SMILES string of the molecule is CC(C)C(NC(=O)Nc1ccccc1)C(=O)NC1CCCN(c2ncccn2)C1. The molecule has 2 atom stereocenters. The van der Waals surface area contributed by atoms with Crippen molar-refractivity contribution in [2.75, 3.05) is 23.3 Å². The molecule has 3 amide bonds. The molecule has 2 heterocycles. The Kier molecular flexibility index (Phi) is 6.99. The molecule has 29 heavy (non-hydrogen) atoms. The third kappa shape index (κ3) is 5.91. The highest BCUT2D eigenvalue weighted by Gasteiger charge is 2.28. The first-order valence-corrected chi connectivity index (χ1v) is 9.98. The molecule has 1 fully saturated rings. The van der Waals surface area contributed by atoms with E-state index in [0.717, 1.165) is 19.4 Å². The molecular formula is C21H28N6O2. The smallest absolute Gasteiger partial charge is 0.319 e. The highest BCUT2D eigenvalue weighted by Crippen LogP contribution is 2.16. The number of benzene rings is 1. The average molecular weight is 396 g/mol. The van der Waals surface area contributed by atoms with Crippen LogP contribution in [0, 0.1) is 5.92 Å². The van der Waals surface area contributed by atoms with Crippen molar-refractivity contribution >= 4 is 23.6 Å². The van der Waals surface area contributed by atoms with Gasteiger partial charge in [0, 0.05) is 37.2 Å². The maximum Gasteiger partial charge on any atom is 0.319 e. The molecule has 1 aliphatic heterocycles. The van der Waals surface area contributed by atoms with Crippen molar-refractivity contribution in [1.29, 1.82) is 0 Å². The third-order valence-corrected chi connectivity index (χ3v) is 4.87. The Bertz CT molecular complexity index is 799. The van der Waals surface area contributed by atoms with Gasteiger partial charge in [-0.25, -0.2) is 14.8 Å². The van der Waals surface area contributed by atoms with Gasteiger partial charge in [-0.05, 0) is 37.0 Å². The van der Waals surface area contributed by atoms with Gasteiger partial charge in [0.1, 0.15) is 6.04 Å². The van der Waals surface area contributed by atoms with Gasteiger partial charge in [0.25, 0.3) is 0 Å². The van der Waals surface area contributed by atoms with Gasteiger partial charge in [-0.15, -0.1) is 0 Å². The molecule has 1 aromatic carbocycles. The minimum absolute atomic E-state index is 0.0136. The third-order valence-electron chi connectivity index (χ3n) is 4.87. The molecule has 3 rings (SSSR count). The summed E-state index contributed by atoms with van der Waals surface area (Å²) in [6.45, 7) is 5.34. The van der Waals surface area contributed by atoms with Gasteiger partial charge in [0.2, 0.25) is 11.9 Å². The summed E-state index contributed by atoms with van der Waals surface area (Å²) in [5.41, 5.74) is 0.679. The Labute approximate surface area is 171 Å². The standard InChI is InChI=1S/C21H28N6O2/c1-15(2)18(26-21(29)25-16-8-4-3-5-9-16)19(28)24-17-10-6-13-27(14-17)20-22-11-7-12-23-20/h3-5,7-9,11-12,15,17-18H,6,10,13-14H2,1-2H3,(H,24,28)(H2,25,26,29). The number of nitrogens with one attached hydrogen (secondary N) is 3. The fraction of sp³-hybridized carbons (Fsp3) is 0.429. The number of piperidine rings is 1. The van der Waals surface area contributed by atoms with Gasteiger partial charge in [0.05, 0.1) is 0 Å². The quantitative estimate of drug-likeness (QED) is 0.696. The number of carbonyl (C=O) groups excluding carboxylic acids is 2. The molecule has 0 radical (unpaired) electrons. The summed E-state index contributed by atoms with van der Waals surface area (Å²) in [5.74, 6) is 0.449. The van der Waals surface area contributed by atoms with Crippen LogP contribution in [-0.4, -0.2) is 47.1 Å². The van der Waals surface area contributed by atoms with Crippen LogP contribution in [0.3, 0.4) is 0 Å². The van der Waals surface area contributed by atoms with Crippen molar-refractivity contribution < 1.29 is 9.59 Å². The highest BCUT2D eigenvalue weighted by atomic mass is 16.2. The minimum Gasteiger partial charge on any atom is -0.350 e. The number of anilines is 2. The van der Waals surface area contributed by atoms with Crippen molar-refractivity contribution in [2.45, 2.75) is 38.8 Å². The van der Waals surface area contributed by atoms with Crippen molar-refractivity contribution in [1.82, 2.24) is 20.6 Å². The van der Waals surface area contributed by atoms with Crippen molar-refractivity contribution in [3.8, 4) is 0 Å². The summed E-state index contributed by atoms with van der Waals surface area (Å²) >= 11 is 0. The van der Waals surface area contributed by atoms with E-state index in [1.54, 1.807) is 30.6 Å². The second-order valence-electron chi connectivity index (χ2n) is 7.53. The van der Waals surface area contributed by atoms with Gasteiger partial charge >= 0.3 is 6.03 Å². The zero-order valence-corrected chi connectivity index (χ0v) is 16.8. The Morgan fingerprint density at radius 3 is 2.52 bits per heavy atom.